The minimum Gasteiger partial charge on any atom is -0.365 e. The summed E-state index contributed by atoms with van der Waals surface area (Å²) in [6, 6.07) is 12.6. The number of nitrogens with zero attached hydrogens (tertiary/aromatic N) is 4. The predicted octanol–water partition coefficient (Wildman–Crippen LogP) is 3.72. The average Bonchev–Trinajstić information content (AvgIpc) is 3.15. The van der Waals surface area contributed by atoms with Gasteiger partial charge in [-0.2, -0.15) is 0 Å². The average molecular weight is 421 g/mol. The highest BCUT2D eigenvalue weighted by atomic mass is 16.1. The molecule has 2 heterocycles. The molecule has 0 saturated heterocycles. The normalized spacial score (nSPS) is 19.0. The van der Waals surface area contributed by atoms with Crippen molar-refractivity contribution in [2.75, 3.05) is 31.4 Å². The number of nitrogens with two attached hydrogens (primary N) is 1. The van der Waals surface area contributed by atoms with Crippen LogP contribution >= 0.6 is 0 Å². The maximum Gasteiger partial charge on any atom is 0.252 e. The van der Waals surface area contributed by atoms with Gasteiger partial charge in [-0.15, -0.1) is 0 Å². The lowest BCUT2D eigenvalue weighted by Gasteiger charge is -2.41. The maximum absolute atomic E-state index is 12.1. The lowest BCUT2D eigenvalue weighted by atomic mass is 9.88. The number of likely N-dealkylation sites (N-methyl/N-ethyl adjacent to an activating group) is 2. The third-order valence-corrected chi connectivity index (χ3v) is 6.54. The zero-order chi connectivity index (χ0) is 22.1. The van der Waals surface area contributed by atoms with Gasteiger partial charge in [-0.25, -0.2) is 4.98 Å². The van der Waals surface area contributed by atoms with Crippen LogP contribution in [-0.4, -0.2) is 53.6 Å². The van der Waals surface area contributed by atoms with Gasteiger partial charge in [-0.05, 0) is 57.3 Å². The monoisotopic (exact) mass is 420 g/mol. The Labute approximate surface area is 183 Å². The van der Waals surface area contributed by atoms with Crippen LogP contribution < -0.4 is 16.0 Å². The van der Waals surface area contributed by atoms with Crippen molar-refractivity contribution in [3.63, 3.8) is 0 Å². The summed E-state index contributed by atoms with van der Waals surface area (Å²) in [5.41, 5.74) is 8.07. The number of rotatable bonds is 6. The Morgan fingerprint density at radius 3 is 2.55 bits per heavy atom. The van der Waals surface area contributed by atoms with Crippen LogP contribution in [0.15, 0.2) is 42.6 Å². The van der Waals surface area contributed by atoms with E-state index in [0.717, 1.165) is 28.8 Å². The predicted molar refractivity (Wildman–Crippen MR) is 127 cm³/mol. The molecule has 1 amide bonds. The number of fused-ring (bicyclic) bond motifs is 1. The highest BCUT2D eigenvalue weighted by Crippen LogP contribution is 2.31. The van der Waals surface area contributed by atoms with E-state index in [9.17, 15) is 4.79 Å². The van der Waals surface area contributed by atoms with Gasteiger partial charge in [0.2, 0.25) is 0 Å². The van der Waals surface area contributed by atoms with Crippen LogP contribution in [0.3, 0.4) is 0 Å². The highest BCUT2D eigenvalue weighted by Gasteiger charge is 2.30. The number of amides is 1. The van der Waals surface area contributed by atoms with Crippen molar-refractivity contribution < 1.29 is 4.79 Å². The molecule has 164 valence electrons. The third kappa shape index (κ3) is 4.10. The number of hydrogen-bond donors (Lipinski definition) is 2. The summed E-state index contributed by atoms with van der Waals surface area (Å²) >= 11 is 0. The Morgan fingerprint density at radius 2 is 1.84 bits per heavy atom. The van der Waals surface area contributed by atoms with Gasteiger partial charge in [0.25, 0.3) is 5.91 Å². The molecule has 31 heavy (non-hydrogen) atoms. The molecule has 3 N–H and O–H groups in total. The fourth-order valence-corrected chi connectivity index (χ4v) is 4.79. The van der Waals surface area contributed by atoms with E-state index in [1.807, 2.05) is 31.4 Å². The number of carbonyl (C=O) groups excluding carboxylic acids is 1. The summed E-state index contributed by atoms with van der Waals surface area (Å²) in [4.78, 5) is 21.5. The molecule has 1 fully saturated rings. The third-order valence-electron chi connectivity index (χ3n) is 6.54. The molecular weight excluding hydrogens is 388 g/mol. The number of hydrogen-bond acceptors (Lipinski definition) is 5. The molecule has 2 atom stereocenters. The molecule has 0 spiro atoms. The van der Waals surface area contributed by atoms with Crippen molar-refractivity contribution in [1.29, 1.82) is 0 Å². The van der Waals surface area contributed by atoms with Crippen molar-refractivity contribution in [2.45, 2.75) is 37.8 Å². The van der Waals surface area contributed by atoms with Gasteiger partial charge < -0.3 is 25.4 Å². The van der Waals surface area contributed by atoms with Gasteiger partial charge in [0.15, 0.2) is 0 Å². The Bertz CT molecular complexity index is 1090. The number of aromatic nitrogens is 2. The summed E-state index contributed by atoms with van der Waals surface area (Å²) in [5, 5.41) is 4.45. The Morgan fingerprint density at radius 1 is 1.10 bits per heavy atom. The molecule has 1 saturated carbocycles. The van der Waals surface area contributed by atoms with E-state index in [1.165, 1.54) is 19.3 Å². The van der Waals surface area contributed by atoms with Gasteiger partial charge in [0, 0.05) is 49.0 Å². The molecule has 2 aromatic heterocycles. The SMILES string of the molecule is CN(C)C1CCCCC1N(C)c1ccc(C(N)=O)c(Nc2cccc3c2ccn3C)n1. The molecule has 1 aliphatic carbocycles. The fraction of sp³-hybridized carbons (Fsp3) is 0.417. The first-order valence-corrected chi connectivity index (χ1v) is 10.9. The number of carbonyl (C=O) groups is 1. The van der Waals surface area contributed by atoms with E-state index < -0.39 is 5.91 Å². The van der Waals surface area contributed by atoms with Gasteiger partial charge in [-0.3, -0.25) is 4.79 Å². The number of nitrogens with one attached hydrogen (secondary N) is 1. The van der Waals surface area contributed by atoms with Crippen LogP contribution in [0.1, 0.15) is 36.0 Å². The van der Waals surface area contributed by atoms with Crippen LogP contribution in [-0.2, 0) is 7.05 Å². The molecule has 0 radical (unpaired) electrons. The lowest BCUT2D eigenvalue weighted by molar-refractivity contribution is 0.100. The van der Waals surface area contributed by atoms with Gasteiger partial charge in [0.1, 0.15) is 11.6 Å². The second-order valence-corrected chi connectivity index (χ2v) is 8.71. The van der Waals surface area contributed by atoms with Crippen molar-refractivity contribution in [3.8, 4) is 0 Å². The van der Waals surface area contributed by atoms with Crippen molar-refractivity contribution >= 4 is 34.1 Å². The van der Waals surface area contributed by atoms with Crippen LogP contribution in [0, 0.1) is 0 Å². The van der Waals surface area contributed by atoms with Crippen LogP contribution in [0.2, 0.25) is 0 Å². The van der Waals surface area contributed by atoms with E-state index >= 15 is 0 Å². The Balaban J connectivity index is 1.70. The van der Waals surface area contributed by atoms with E-state index in [0.29, 0.717) is 23.5 Å². The Hall–Kier alpha value is -3.06. The molecule has 0 aliphatic heterocycles. The molecule has 1 aliphatic rings. The molecule has 7 heteroatoms. The van der Waals surface area contributed by atoms with Crippen molar-refractivity contribution in [3.05, 3.63) is 48.2 Å². The first-order valence-electron chi connectivity index (χ1n) is 10.9. The number of pyridine rings is 1. The van der Waals surface area contributed by atoms with Gasteiger partial charge in [-0.1, -0.05) is 18.9 Å². The molecule has 0 bridgehead atoms. The number of primary amides is 1. The first kappa shape index (κ1) is 21.2. The topological polar surface area (TPSA) is 79.4 Å². The van der Waals surface area contributed by atoms with Crippen molar-refractivity contribution in [2.24, 2.45) is 12.8 Å². The standard InChI is InChI=1S/C24H32N6O/c1-28(2)20-9-5-6-10-21(20)30(4)22-13-12-17(23(25)31)24(27-22)26-18-8-7-11-19-16(18)14-15-29(19)3/h7-8,11-15,20-21H,5-6,9-10H2,1-4H3,(H2,25,31)(H,26,27). The van der Waals surface area contributed by atoms with Crippen LogP contribution in [0.4, 0.5) is 17.3 Å². The molecule has 1 aromatic carbocycles. The zero-order valence-electron chi connectivity index (χ0n) is 18.8. The summed E-state index contributed by atoms with van der Waals surface area (Å²) < 4.78 is 2.07. The first-order chi connectivity index (χ1) is 14.9. The summed E-state index contributed by atoms with van der Waals surface area (Å²) in [5.74, 6) is 0.838. The van der Waals surface area contributed by atoms with Gasteiger partial charge >= 0.3 is 0 Å². The van der Waals surface area contributed by atoms with E-state index in [1.54, 1.807) is 6.07 Å². The summed E-state index contributed by atoms with van der Waals surface area (Å²) in [7, 11) is 8.41. The molecule has 4 rings (SSSR count). The quantitative estimate of drug-likeness (QED) is 0.635. The van der Waals surface area contributed by atoms with Crippen LogP contribution in [0.5, 0.6) is 0 Å². The number of aryl methyl sites for hydroxylation is 1. The number of benzene rings is 1. The van der Waals surface area contributed by atoms with Crippen molar-refractivity contribution in [1.82, 2.24) is 14.5 Å². The minimum atomic E-state index is -0.492. The van der Waals surface area contributed by atoms with Gasteiger partial charge in [0.05, 0.1) is 5.56 Å². The highest BCUT2D eigenvalue weighted by molar-refractivity contribution is 6.00. The summed E-state index contributed by atoms with van der Waals surface area (Å²) in [6.45, 7) is 0. The number of anilines is 3. The fourth-order valence-electron chi connectivity index (χ4n) is 4.79. The molecular formula is C24H32N6O. The second-order valence-electron chi connectivity index (χ2n) is 8.71. The smallest absolute Gasteiger partial charge is 0.252 e. The molecule has 7 nitrogen and oxygen atoms in total. The zero-order valence-corrected chi connectivity index (χ0v) is 18.8. The minimum absolute atomic E-state index is 0.376. The largest absolute Gasteiger partial charge is 0.365 e. The summed E-state index contributed by atoms with van der Waals surface area (Å²) in [6.07, 6.45) is 6.81. The van der Waals surface area contributed by atoms with E-state index in [2.05, 4.69) is 53.0 Å². The molecule has 2 unspecified atom stereocenters. The van der Waals surface area contributed by atoms with E-state index in [4.69, 9.17) is 10.7 Å². The van der Waals surface area contributed by atoms with E-state index in [-0.39, 0.29) is 0 Å². The second kappa shape index (κ2) is 8.59. The maximum atomic E-state index is 12.1. The Kier molecular flexibility index (Phi) is 5.87. The van der Waals surface area contributed by atoms with Crippen LogP contribution in [0.25, 0.3) is 10.9 Å². The lowest BCUT2D eigenvalue weighted by Crippen LogP contribution is -2.50. The molecule has 3 aromatic rings.